The van der Waals surface area contributed by atoms with Gasteiger partial charge < -0.3 is 0 Å². The van der Waals surface area contributed by atoms with E-state index in [0.29, 0.717) is 21.2 Å². The van der Waals surface area contributed by atoms with Crippen LogP contribution in [0, 0.1) is 15.9 Å². The zero-order chi connectivity index (χ0) is 13.3. The molecular formula is C12H6Cl2FNO2. The quantitative estimate of drug-likeness (QED) is 0.592. The van der Waals surface area contributed by atoms with Gasteiger partial charge in [-0.2, -0.15) is 4.39 Å². The minimum Gasteiger partial charge on any atom is -0.258 e. The van der Waals surface area contributed by atoms with Crippen LogP contribution < -0.4 is 0 Å². The molecule has 0 saturated heterocycles. The molecule has 0 aliphatic rings. The molecule has 2 aromatic carbocycles. The molecule has 18 heavy (non-hydrogen) atoms. The van der Waals surface area contributed by atoms with Crippen molar-refractivity contribution in [2.75, 3.05) is 0 Å². The van der Waals surface area contributed by atoms with E-state index in [1.54, 1.807) is 18.2 Å². The van der Waals surface area contributed by atoms with Gasteiger partial charge in [-0.25, -0.2) is 0 Å². The number of halogens is 3. The van der Waals surface area contributed by atoms with Gasteiger partial charge in [0.1, 0.15) is 0 Å². The predicted molar refractivity (Wildman–Crippen MR) is 68.5 cm³/mol. The Bertz CT molecular complexity index is 631. The number of hydrogen-bond acceptors (Lipinski definition) is 2. The number of nitro groups is 1. The second-order valence-electron chi connectivity index (χ2n) is 3.55. The number of hydrogen-bond donors (Lipinski definition) is 0. The summed E-state index contributed by atoms with van der Waals surface area (Å²) < 4.78 is 13.2. The first-order chi connectivity index (χ1) is 8.49. The normalized spacial score (nSPS) is 10.4. The Kier molecular flexibility index (Phi) is 3.50. The van der Waals surface area contributed by atoms with Gasteiger partial charge in [0.25, 0.3) is 0 Å². The fourth-order valence-corrected chi connectivity index (χ4v) is 1.94. The van der Waals surface area contributed by atoms with Crippen molar-refractivity contribution in [3.8, 4) is 11.1 Å². The third-order valence-corrected chi connectivity index (χ3v) is 2.95. The molecule has 2 rings (SSSR count). The van der Waals surface area contributed by atoms with E-state index in [1.165, 1.54) is 6.07 Å². The average Bonchev–Trinajstić information content (AvgIpc) is 2.33. The Morgan fingerprint density at radius 3 is 2.50 bits per heavy atom. The van der Waals surface area contributed by atoms with Crippen molar-refractivity contribution in [2.24, 2.45) is 0 Å². The standard InChI is InChI=1S/C12H6Cl2FNO2/c13-8-2-3-10(14)9(6-8)7-1-4-11(15)12(5-7)16(17)18/h1-6H. The van der Waals surface area contributed by atoms with Crippen LogP contribution in [-0.2, 0) is 0 Å². The molecule has 0 atom stereocenters. The van der Waals surface area contributed by atoms with Gasteiger partial charge in [0, 0.05) is 21.7 Å². The average molecular weight is 286 g/mol. The molecule has 0 amide bonds. The highest BCUT2D eigenvalue weighted by Gasteiger charge is 2.16. The molecule has 0 N–H and O–H groups in total. The van der Waals surface area contributed by atoms with E-state index in [4.69, 9.17) is 23.2 Å². The lowest BCUT2D eigenvalue weighted by atomic mass is 10.0. The van der Waals surface area contributed by atoms with E-state index in [-0.39, 0.29) is 0 Å². The largest absolute Gasteiger partial charge is 0.305 e. The maximum atomic E-state index is 13.2. The molecule has 0 unspecified atom stereocenters. The number of rotatable bonds is 2. The third kappa shape index (κ3) is 2.44. The minimum absolute atomic E-state index is 0.389. The molecular weight excluding hydrogens is 280 g/mol. The van der Waals surface area contributed by atoms with Crippen LogP contribution in [0.1, 0.15) is 0 Å². The maximum Gasteiger partial charge on any atom is 0.305 e. The van der Waals surface area contributed by atoms with Gasteiger partial charge in [0.2, 0.25) is 5.82 Å². The summed E-state index contributed by atoms with van der Waals surface area (Å²) in [6.07, 6.45) is 0. The fraction of sp³-hybridized carbons (Fsp3) is 0. The number of nitro benzene ring substituents is 1. The zero-order valence-electron chi connectivity index (χ0n) is 8.86. The van der Waals surface area contributed by atoms with Crippen LogP contribution in [0.25, 0.3) is 11.1 Å². The summed E-state index contributed by atoms with van der Waals surface area (Å²) >= 11 is 11.8. The zero-order valence-corrected chi connectivity index (χ0v) is 10.4. The van der Waals surface area contributed by atoms with Crippen molar-refractivity contribution >= 4 is 28.9 Å². The predicted octanol–water partition coefficient (Wildman–Crippen LogP) is 4.71. The Hall–Kier alpha value is -1.65. The van der Waals surface area contributed by atoms with Crippen molar-refractivity contribution < 1.29 is 9.31 Å². The second kappa shape index (κ2) is 4.92. The molecule has 0 bridgehead atoms. The van der Waals surface area contributed by atoms with Gasteiger partial charge in [-0.1, -0.05) is 29.3 Å². The van der Waals surface area contributed by atoms with Crippen LogP contribution >= 0.6 is 23.2 Å². The van der Waals surface area contributed by atoms with Gasteiger partial charge >= 0.3 is 5.69 Å². The Morgan fingerprint density at radius 2 is 1.83 bits per heavy atom. The van der Waals surface area contributed by atoms with Gasteiger partial charge in [-0.3, -0.25) is 10.1 Å². The first-order valence-electron chi connectivity index (χ1n) is 4.88. The van der Waals surface area contributed by atoms with Crippen molar-refractivity contribution in [1.82, 2.24) is 0 Å². The Labute approximate surface area is 112 Å². The lowest BCUT2D eigenvalue weighted by molar-refractivity contribution is -0.387. The van der Waals surface area contributed by atoms with E-state index in [1.807, 2.05) is 0 Å². The van der Waals surface area contributed by atoms with E-state index < -0.39 is 16.4 Å². The monoisotopic (exact) mass is 285 g/mol. The summed E-state index contributed by atoms with van der Waals surface area (Å²) in [5.74, 6) is -0.887. The molecule has 0 radical (unpaired) electrons. The highest BCUT2D eigenvalue weighted by atomic mass is 35.5. The fourth-order valence-electron chi connectivity index (χ4n) is 1.54. The number of nitrogens with zero attached hydrogens (tertiary/aromatic N) is 1. The van der Waals surface area contributed by atoms with Gasteiger partial charge in [-0.15, -0.1) is 0 Å². The van der Waals surface area contributed by atoms with Gasteiger partial charge in [0.15, 0.2) is 0 Å². The molecule has 0 heterocycles. The van der Waals surface area contributed by atoms with Crippen molar-refractivity contribution in [1.29, 1.82) is 0 Å². The summed E-state index contributed by atoms with van der Waals surface area (Å²) in [4.78, 5) is 9.88. The minimum atomic E-state index is -0.887. The van der Waals surface area contributed by atoms with E-state index in [2.05, 4.69) is 0 Å². The van der Waals surface area contributed by atoms with Crippen LogP contribution in [0.4, 0.5) is 10.1 Å². The van der Waals surface area contributed by atoms with E-state index in [9.17, 15) is 14.5 Å². The van der Waals surface area contributed by atoms with Crippen molar-refractivity contribution in [3.63, 3.8) is 0 Å². The van der Waals surface area contributed by atoms with Crippen molar-refractivity contribution in [3.05, 3.63) is 62.4 Å². The molecule has 0 fully saturated rings. The van der Waals surface area contributed by atoms with Crippen LogP contribution in [0.3, 0.4) is 0 Å². The summed E-state index contributed by atoms with van der Waals surface area (Å²) in [5.41, 5.74) is 0.367. The highest BCUT2D eigenvalue weighted by molar-refractivity contribution is 6.35. The summed E-state index contributed by atoms with van der Waals surface area (Å²) in [6, 6.07) is 8.33. The smallest absolute Gasteiger partial charge is 0.258 e. The molecule has 0 saturated carbocycles. The molecule has 0 spiro atoms. The summed E-state index contributed by atoms with van der Waals surface area (Å²) in [5, 5.41) is 11.5. The molecule has 0 aromatic heterocycles. The van der Waals surface area contributed by atoms with Crippen LogP contribution in [0.15, 0.2) is 36.4 Å². The first kappa shape index (κ1) is 12.8. The summed E-state index contributed by atoms with van der Waals surface area (Å²) in [7, 11) is 0. The van der Waals surface area contributed by atoms with Crippen LogP contribution in [-0.4, -0.2) is 4.92 Å². The lowest BCUT2D eigenvalue weighted by Gasteiger charge is -2.05. The molecule has 6 heteroatoms. The molecule has 92 valence electrons. The maximum absolute atomic E-state index is 13.2. The van der Waals surface area contributed by atoms with Crippen LogP contribution in [0.2, 0.25) is 10.0 Å². The van der Waals surface area contributed by atoms with Crippen molar-refractivity contribution in [2.45, 2.75) is 0 Å². The SMILES string of the molecule is O=[N+]([O-])c1cc(-c2cc(Cl)ccc2Cl)ccc1F. The van der Waals surface area contributed by atoms with Gasteiger partial charge in [-0.05, 0) is 29.8 Å². The lowest BCUT2D eigenvalue weighted by Crippen LogP contribution is -1.93. The topological polar surface area (TPSA) is 43.1 Å². The third-order valence-electron chi connectivity index (χ3n) is 2.38. The molecule has 3 nitrogen and oxygen atoms in total. The Morgan fingerprint density at radius 1 is 1.11 bits per heavy atom. The summed E-state index contributed by atoms with van der Waals surface area (Å²) in [6.45, 7) is 0. The van der Waals surface area contributed by atoms with E-state index >= 15 is 0 Å². The Balaban J connectivity index is 2.61. The second-order valence-corrected chi connectivity index (χ2v) is 4.39. The van der Waals surface area contributed by atoms with E-state index in [0.717, 1.165) is 12.1 Å². The first-order valence-corrected chi connectivity index (χ1v) is 5.64. The van der Waals surface area contributed by atoms with Gasteiger partial charge in [0.05, 0.1) is 4.92 Å². The molecule has 0 aliphatic heterocycles. The molecule has 2 aromatic rings. The number of benzene rings is 2. The van der Waals surface area contributed by atoms with Crippen LogP contribution in [0.5, 0.6) is 0 Å². The highest BCUT2D eigenvalue weighted by Crippen LogP contribution is 2.33. The molecule has 0 aliphatic carbocycles.